The first-order valence-corrected chi connectivity index (χ1v) is 12.9. The lowest BCUT2D eigenvalue weighted by molar-refractivity contribution is -0.132. The van der Waals surface area contributed by atoms with Crippen LogP contribution in [0.5, 0.6) is 11.5 Å². The molecule has 38 heavy (non-hydrogen) atoms. The highest BCUT2D eigenvalue weighted by Gasteiger charge is 2.47. The van der Waals surface area contributed by atoms with E-state index in [1.54, 1.807) is 6.07 Å². The third kappa shape index (κ3) is 4.72. The molecule has 0 spiro atoms. The van der Waals surface area contributed by atoms with Crippen LogP contribution in [0.3, 0.4) is 0 Å². The lowest BCUT2D eigenvalue weighted by Gasteiger charge is -2.26. The summed E-state index contributed by atoms with van der Waals surface area (Å²) in [4.78, 5) is 30.5. The molecular formula is C31H32N2O5. The molecule has 7 nitrogen and oxygen atoms in total. The van der Waals surface area contributed by atoms with Crippen LogP contribution in [-0.2, 0) is 16.0 Å². The number of benzene rings is 3. The Bertz CT molecular complexity index is 1410. The molecule has 1 N–H and O–H groups in total. The molecule has 2 aliphatic rings. The molecule has 0 saturated carbocycles. The van der Waals surface area contributed by atoms with E-state index in [1.165, 1.54) is 4.90 Å². The standard InChI is InChI=1S/C31H32N2O5/c1-19(2)38-25-9-5-7-21(18-25)28-27(29(34)22-10-15-26-20(17-22)8-6-16-37-26)30(35)31(36)33(28)24-13-11-23(12-14-24)32(3)4/h5,7,9-15,17-19,28,34H,6,8,16H2,1-4H3/b29-27-. The molecule has 7 heteroatoms. The fourth-order valence-corrected chi connectivity index (χ4v) is 5.02. The zero-order valence-electron chi connectivity index (χ0n) is 22.1. The predicted octanol–water partition coefficient (Wildman–Crippen LogP) is 5.49. The van der Waals surface area contributed by atoms with Crippen LogP contribution < -0.4 is 19.3 Å². The first-order valence-electron chi connectivity index (χ1n) is 12.9. The number of ketones is 1. The highest BCUT2D eigenvalue weighted by molar-refractivity contribution is 6.51. The molecule has 2 heterocycles. The van der Waals surface area contributed by atoms with E-state index in [4.69, 9.17) is 9.47 Å². The fraction of sp³-hybridized carbons (Fsp3) is 0.290. The molecular weight excluding hydrogens is 480 g/mol. The summed E-state index contributed by atoms with van der Waals surface area (Å²) in [6.07, 6.45) is 1.65. The zero-order chi connectivity index (χ0) is 27.0. The maximum Gasteiger partial charge on any atom is 0.300 e. The topological polar surface area (TPSA) is 79.3 Å². The van der Waals surface area contributed by atoms with E-state index in [-0.39, 0.29) is 17.4 Å². The Labute approximate surface area is 222 Å². The summed E-state index contributed by atoms with van der Waals surface area (Å²) < 4.78 is 11.6. The second-order valence-corrected chi connectivity index (χ2v) is 10.1. The summed E-state index contributed by atoms with van der Waals surface area (Å²) in [6.45, 7) is 4.53. The molecule has 2 aliphatic heterocycles. The lowest BCUT2D eigenvalue weighted by Crippen LogP contribution is -2.29. The number of carbonyl (C=O) groups is 2. The van der Waals surface area contributed by atoms with Gasteiger partial charge in [0.25, 0.3) is 11.7 Å². The number of hydrogen-bond donors (Lipinski definition) is 1. The molecule has 0 radical (unpaired) electrons. The second kappa shape index (κ2) is 10.2. The Hall–Kier alpha value is -4.26. The maximum atomic E-state index is 13.5. The van der Waals surface area contributed by atoms with Crippen LogP contribution in [0.4, 0.5) is 11.4 Å². The minimum absolute atomic E-state index is 0.0464. The van der Waals surface area contributed by atoms with Gasteiger partial charge >= 0.3 is 0 Å². The molecule has 1 amide bonds. The highest BCUT2D eigenvalue weighted by Crippen LogP contribution is 2.43. The zero-order valence-corrected chi connectivity index (χ0v) is 22.1. The van der Waals surface area contributed by atoms with Gasteiger partial charge in [-0.05, 0) is 92.4 Å². The summed E-state index contributed by atoms with van der Waals surface area (Å²) in [7, 11) is 3.87. The Morgan fingerprint density at radius 2 is 1.82 bits per heavy atom. The Kier molecular flexibility index (Phi) is 6.85. The second-order valence-electron chi connectivity index (χ2n) is 10.1. The van der Waals surface area contributed by atoms with Crippen LogP contribution in [0.25, 0.3) is 5.76 Å². The van der Waals surface area contributed by atoms with Crippen LogP contribution in [0, 0.1) is 0 Å². The van der Waals surface area contributed by atoms with Gasteiger partial charge in [0.1, 0.15) is 17.3 Å². The molecule has 1 unspecified atom stereocenters. The van der Waals surface area contributed by atoms with Gasteiger partial charge in [-0.1, -0.05) is 12.1 Å². The van der Waals surface area contributed by atoms with Gasteiger partial charge in [-0.2, -0.15) is 0 Å². The van der Waals surface area contributed by atoms with Crippen molar-refractivity contribution in [3.05, 3.63) is 89.0 Å². The van der Waals surface area contributed by atoms with Gasteiger partial charge in [-0.25, -0.2) is 0 Å². The number of ether oxygens (including phenoxy) is 2. The number of rotatable bonds is 6. The summed E-state index contributed by atoms with van der Waals surface area (Å²) in [5.74, 6) is -0.218. The fourth-order valence-electron chi connectivity index (χ4n) is 5.02. The monoisotopic (exact) mass is 512 g/mol. The van der Waals surface area contributed by atoms with Crippen molar-refractivity contribution in [2.75, 3.05) is 30.5 Å². The van der Waals surface area contributed by atoms with Crippen molar-refractivity contribution >= 4 is 28.8 Å². The summed E-state index contributed by atoms with van der Waals surface area (Å²) >= 11 is 0. The van der Waals surface area contributed by atoms with E-state index in [0.29, 0.717) is 29.2 Å². The number of nitrogens with zero attached hydrogens (tertiary/aromatic N) is 2. The van der Waals surface area contributed by atoms with Crippen molar-refractivity contribution in [3.8, 4) is 11.5 Å². The van der Waals surface area contributed by atoms with Gasteiger partial charge in [0.2, 0.25) is 0 Å². The Morgan fingerprint density at radius 3 is 2.53 bits per heavy atom. The molecule has 3 aromatic carbocycles. The first-order chi connectivity index (χ1) is 18.2. The van der Waals surface area contributed by atoms with Crippen molar-refractivity contribution in [1.82, 2.24) is 0 Å². The summed E-state index contributed by atoms with van der Waals surface area (Å²) in [5.41, 5.74) is 3.70. The van der Waals surface area contributed by atoms with Crippen molar-refractivity contribution in [3.63, 3.8) is 0 Å². The molecule has 196 valence electrons. The van der Waals surface area contributed by atoms with Crippen molar-refractivity contribution < 1.29 is 24.2 Å². The maximum absolute atomic E-state index is 13.5. The van der Waals surface area contributed by atoms with Crippen molar-refractivity contribution in [2.45, 2.75) is 38.8 Å². The summed E-state index contributed by atoms with van der Waals surface area (Å²) in [5, 5.41) is 11.5. The van der Waals surface area contributed by atoms with E-state index in [9.17, 15) is 14.7 Å². The number of aliphatic hydroxyl groups is 1. The molecule has 1 saturated heterocycles. The number of aliphatic hydroxyl groups excluding tert-OH is 1. The average Bonchev–Trinajstić information content (AvgIpc) is 3.18. The number of aryl methyl sites for hydroxylation is 1. The van der Waals surface area contributed by atoms with E-state index < -0.39 is 17.7 Å². The first kappa shape index (κ1) is 25.4. The number of hydrogen-bond acceptors (Lipinski definition) is 6. The van der Waals surface area contributed by atoms with Gasteiger partial charge in [0, 0.05) is 31.0 Å². The Balaban J connectivity index is 1.67. The quantitative estimate of drug-likeness (QED) is 0.267. The third-order valence-corrected chi connectivity index (χ3v) is 6.82. The van der Waals surface area contributed by atoms with Gasteiger partial charge < -0.3 is 19.5 Å². The predicted molar refractivity (Wildman–Crippen MR) is 148 cm³/mol. The van der Waals surface area contributed by atoms with Gasteiger partial charge in [-0.15, -0.1) is 0 Å². The molecule has 5 rings (SSSR count). The normalized spacial score (nSPS) is 18.3. The molecule has 0 aromatic heterocycles. The highest BCUT2D eigenvalue weighted by atomic mass is 16.5. The number of anilines is 2. The van der Waals surface area contributed by atoms with Crippen LogP contribution in [0.2, 0.25) is 0 Å². The largest absolute Gasteiger partial charge is 0.507 e. The van der Waals surface area contributed by atoms with E-state index in [1.807, 2.05) is 93.5 Å². The smallest absolute Gasteiger partial charge is 0.300 e. The average molecular weight is 513 g/mol. The van der Waals surface area contributed by atoms with Gasteiger partial charge in [-0.3, -0.25) is 14.5 Å². The minimum Gasteiger partial charge on any atom is -0.507 e. The molecule has 0 bridgehead atoms. The summed E-state index contributed by atoms with van der Waals surface area (Å²) in [6, 6.07) is 19.3. The van der Waals surface area contributed by atoms with Gasteiger partial charge in [0.15, 0.2) is 0 Å². The van der Waals surface area contributed by atoms with E-state index in [2.05, 4.69) is 0 Å². The van der Waals surface area contributed by atoms with Crippen molar-refractivity contribution in [2.24, 2.45) is 0 Å². The van der Waals surface area contributed by atoms with E-state index >= 15 is 0 Å². The van der Waals surface area contributed by atoms with Crippen LogP contribution in [0.1, 0.15) is 43.0 Å². The number of Topliss-reactive ketones (excluding diaryl/α,β-unsaturated/α-hetero) is 1. The number of carbonyl (C=O) groups excluding carboxylic acids is 2. The van der Waals surface area contributed by atoms with E-state index in [0.717, 1.165) is 29.8 Å². The van der Waals surface area contributed by atoms with Crippen molar-refractivity contribution in [1.29, 1.82) is 0 Å². The molecule has 1 fully saturated rings. The van der Waals surface area contributed by atoms with Crippen LogP contribution in [0.15, 0.2) is 72.3 Å². The number of amides is 1. The lowest BCUT2D eigenvalue weighted by atomic mass is 9.93. The third-order valence-electron chi connectivity index (χ3n) is 6.82. The van der Waals surface area contributed by atoms with Crippen LogP contribution >= 0.6 is 0 Å². The van der Waals surface area contributed by atoms with Gasteiger partial charge in [0.05, 0.1) is 24.3 Å². The molecule has 3 aromatic rings. The number of fused-ring (bicyclic) bond motifs is 1. The minimum atomic E-state index is -0.830. The molecule has 0 aliphatic carbocycles. The SMILES string of the molecule is CC(C)Oc1cccc(C2/C(=C(/O)c3ccc4c(c3)CCCO4)C(=O)C(=O)N2c2ccc(N(C)C)cc2)c1. The Morgan fingerprint density at radius 1 is 1.05 bits per heavy atom. The van der Waals surface area contributed by atoms with Crippen LogP contribution in [-0.4, -0.2) is 43.6 Å². The molecule has 1 atom stereocenters.